The van der Waals surface area contributed by atoms with Gasteiger partial charge in [-0.3, -0.25) is 10.1 Å². The molecule has 0 saturated carbocycles. The molecule has 0 bridgehead atoms. The number of aryl methyl sites for hydroxylation is 2. The second-order valence-electron chi connectivity index (χ2n) is 6.65. The average molecular weight is 457 g/mol. The Morgan fingerprint density at radius 1 is 1.09 bits per heavy atom. The molecular formula is C22H15ClF2N4O3. The number of nitriles is 1. The van der Waals surface area contributed by atoms with Gasteiger partial charge in [-0.25, -0.2) is 13.6 Å². The van der Waals surface area contributed by atoms with Gasteiger partial charge in [-0.05, 0) is 55.3 Å². The molecule has 2 aromatic carbocycles. The van der Waals surface area contributed by atoms with Crippen molar-refractivity contribution in [1.82, 2.24) is 10.3 Å². The van der Waals surface area contributed by atoms with Crippen LogP contribution in [0.1, 0.15) is 27.0 Å². The van der Waals surface area contributed by atoms with Crippen molar-refractivity contribution in [3.8, 4) is 17.7 Å². The van der Waals surface area contributed by atoms with Gasteiger partial charge in [0.25, 0.3) is 5.91 Å². The van der Waals surface area contributed by atoms with Crippen LogP contribution >= 0.6 is 11.6 Å². The number of nitrogens with zero attached hydrogens (tertiary/aromatic N) is 2. The highest BCUT2D eigenvalue weighted by Gasteiger charge is 2.19. The zero-order chi connectivity index (χ0) is 23.4. The Kier molecular flexibility index (Phi) is 6.66. The fourth-order valence-corrected chi connectivity index (χ4v) is 3.08. The lowest BCUT2D eigenvalue weighted by Gasteiger charge is -2.14. The van der Waals surface area contributed by atoms with Gasteiger partial charge in [0.15, 0.2) is 5.15 Å². The van der Waals surface area contributed by atoms with Gasteiger partial charge in [-0.2, -0.15) is 10.2 Å². The molecule has 1 aromatic heterocycles. The Balaban J connectivity index is 1.73. The maximum Gasteiger partial charge on any atom is 0.326 e. The number of anilines is 1. The van der Waals surface area contributed by atoms with Crippen LogP contribution in [0.25, 0.3) is 0 Å². The maximum absolute atomic E-state index is 13.7. The first-order chi connectivity index (χ1) is 15.2. The number of carbonyl (C=O) groups excluding carboxylic acids is 2. The molecule has 0 aliphatic rings. The Morgan fingerprint density at radius 2 is 1.72 bits per heavy atom. The molecule has 1 heterocycles. The summed E-state index contributed by atoms with van der Waals surface area (Å²) in [4.78, 5) is 28.2. The molecule has 10 heteroatoms. The maximum atomic E-state index is 13.7. The van der Waals surface area contributed by atoms with Gasteiger partial charge in [-0.1, -0.05) is 17.7 Å². The topological polar surface area (TPSA) is 104 Å². The second-order valence-corrected chi connectivity index (χ2v) is 7.00. The summed E-state index contributed by atoms with van der Waals surface area (Å²) in [7, 11) is 0. The first-order valence-electron chi connectivity index (χ1n) is 9.11. The Bertz CT molecular complexity index is 1230. The lowest BCUT2D eigenvalue weighted by Crippen LogP contribution is -2.35. The van der Waals surface area contributed by atoms with E-state index in [1.165, 1.54) is 12.1 Å². The molecule has 0 fully saturated rings. The molecule has 0 atom stereocenters. The number of pyridine rings is 1. The minimum atomic E-state index is -1.21. The number of hydrogen-bond donors (Lipinski definition) is 2. The summed E-state index contributed by atoms with van der Waals surface area (Å²) in [5.41, 5.74) is 0.913. The molecular weight excluding hydrogens is 442 g/mol. The molecule has 32 heavy (non-hydrogen) atoms. The Morgan fingerprint density at radius 3 is 2.28 bits per heavy atom. The summed E-state index contributed by atoms with van der Waals surface area (Å²) in [5, 5.41) is 13.2. The van der Waals surface area contributed by atoms with E-state index in [4.69, 9.17) is 21.6 Å². The lowest BCUT2D eigenvalue weighted by atomic mass is 10.1. The number of rotatable bonds is 4. The normalized spacial score (nSPS) is 10.2. The number of nitrogens with one attached hydrogen (secondary N) is 2. The van der Waals surface area contributed by atoms with Crippen molar-refractivity contribution >= 4 is 29.2 Å². The fraction of sp³-hybridized carbons (Fsp3) is 0.0909. The predicted molar refractivity (Wildman–Crippen MR) is 113 cm³/mol. The van der Waals surface area contributed by atoms with E-state index in [2.05, 4.69) is 10.3 Å². The van der Waals surface area contributed by atoms with E-state index >= 15 is 0 Å². The van der Waals surface area contributed by atoms with Crippen LogP contribution in [-0.2, 0) is 0 Å². The summed E-state index contributed by atoms with van der Waals surface area (Å²) in [6, 6.07) is 9.99. The van der Waals surface area contributed by atoms with Crippen molar-refractivity contribution in [2.24, 2.45) is 0 Å². The number of benzene rings is 2. The monoisotopic (exact) mass is 456 g/mol. The largest absolute Gasteiger partial charge is 0.438 e. The first kappa shape index (κ1) is 22.7. The van der Waals surface area contributed by atoms with E-state index < -0.39 is 29.1 Å². The van der Waals surface area contributed by atoms with Crippen molar-refractivity contribution in [1.29, 1.82) is 5.26 Å². The molecule has 2 N–H and O–H groups in total. The number of carbonyl (C=O) groups is 2. The molecule has 0 aliphatic carbocycles. The smallest absolute Gasteiger partial charge is 0.326 e. The third kappa shape index (κ3) is 4.99. The zero-order valence-electron chi connectivity index (χ0n) is 16.8. The zero-order valence-corrected chi connectivity index (χ0v) is 17.6. The molecule has 0 saturated heterocycles. The van der Waals surface area contributed by atoms with Crippen molar-refractivity contribution < 1.29 is 23.1 Å². The van der Waals surface area contributed by atoms with Crippen molar-refractivity contribution in [3.05, 3.63) is 81.5 Å². The molecule has 0 unspecified atom stereocenters. The quantitative estimate of drug-likeness (QED) is 0.521. The van der Waals surface area contributed by atoms with E-state index in [1.54, 1.807) is 26.0 Å². The van der Waals surface area contributed by atoms with Gasteiger partial charge >= 0.3 is 6.03 Å². The number of imide groups is 1. The summed E-state index contributed by atoms with van der Waals surface area (Å²) in [6.07, 6.45) is 0. The highest BCUT2D eigenvalue weighted by Crippen LogP contribution is 2.31. The van der Waals surface area contributed by atoms with Gasteiger partial charge in [0.2, 0.25) is 5.88 Å². The van der Waals surface area contributed by atoms with Gasteiger partial charge in [-0.15, -0.1) is 0 Å². The van der Waals surface area contributed by atoms with Crippen LogP contribution in [0.15, 0.2) is 42.5 Å². The minimum absolute atomic E-state index is 0.00576. The summed E-state index contributed by atoms with van der Waals surface area (Å²) >= 11 is 5.92. The molecule has 0 spiro atoms. The van der Waals surface area contributed by atoms with Crippen molar-refractivity contribution in [3.63, 3.8) is 0 Å². The summed E-state index contributed by atoms with van der Waals surface area (Å²) < 4.78 is 33.2. The van der Waals surface area contributed by atoms with Crippen LogP contribution in [0.4, 0.5) is 19.3 Å². The number of aromatic nitrogens is 1. The average Bonchev–Trinajstić information content (AvgIpc) is 2.70. The number of urea groups is 1. The number of ether oxygens (including phenoxy) is 1. The second kappa shape index (κ2) is 9.41. The van der Waals surface area contributed by atoms with Crippen LogP contribution in [-0.4, -0.2) is 16.9 Å². The third-order valence-corrected chi connectivity index (χ3v) is 4.57. The SMILES string of the molecule is Cc1cc(NC(=O)NC(=O)c2c(F)cccc2F)cc(C)c1Oc1ccc(C#N)c(Cl)n1. The molecule has 162 valence electrons. The van der Waals surface area contributed by atoms with Gasteiger partial charge in [0.05, 0.1) is 5.56 Å². The standard InChI is InChI=1S/C22H15ClF2N4O3/c1-11-8-14(27-22(31)29-21(30)18-15(24)4-3-5-16(18)25)9-12(2)19(11)32-17-7-6-13(10-26)20(23)28-17/h3-9H,1-2H3,(H2,27,29,30,31). The van der Waals surface area contributed by atoms with E-state index in [-0.39, 0.29) is 16.6 Å². The number of hydrogen-bond acceptors (Lipinski definition) is 5. The minimum Gasteiger partial charge on any atom is -0.438 e. The Hall–Kier alpha value is -4.03. The van der Waals surface area contributed by atoms with E-state index in [0.717, 1.165) is 18.2 Å². The van der Waals surface area contributed by atoms with Gasteiger partial charge in [0, 0.05) is 11.8 Å². The van der Waals surface area contributed by atoms with Crippen molar-refractivity contribution in [2.45, 2.75) is 13.8 Å². The third-order valence-electron chi connectivity index (χ3n) is 4.29. The van der Waals surface area contributed by atoms with Crippen molar-refractivity contribution in [2.75, 3.05) is 5.32 Å². The number of amides is 3. The lowest BCUT2D eigenvalue weighted by molar-refractivity contribution is 0.0959. The highest BCUT2D eigenvalue weighted by molar-refractivity contribution is 6.30. The van der Waals surface area contributed by atoms with Gasteiger partial charge < -0.3 is 10.1 Å². The van der Waals surface area contributed by atoms with E-state index in [0.29, 0.717) is 22.6 Å². The van der Waals surface area contributed by atoms with Crippen LogP contribution in [0.2, 0.25) is 5.15 Å². The first-order valence-corrected chi connectivity index (χ1v) is 9.49. The van der Waals surface area contributed by atoms with Crippen LogP contribution < -0.4 is 15.4 Å². The molecule has 3 amide bonds. The molecule has 3 rings (SSSR count). The van der Waals surface area contributed by atoms with Gasteiger partial charge in [0.1, 0.15) is 29.0 Å². The van der Waals surface area contributed by atoms with Crippen LogP contribution in [0, 0.1) is 36.8 Å². The van der Waals surface area contributed by atoms with E-state index in [9.17, 15) is 18.4 Å². The molecule has 7 nitrogen and oxygen atoms in total. The van der Waals surface area contributed by atoms with E-state index in [1.807, 2.05) is 11.4 Å². The molecule has 3 aromatic rings. The summed E-state index contributed by atoms with van der Waals surface area (Å²) in [5.74, 6) is -2.75. The fourth-order valence-electron chi connectivity index (χ4n) is 2.89. The predicted octanol–water partition coefficient (Wildman–Crippen LogP) is 5.26. The molecule has 0 radical (unpaired) electrons. The summed E-state index contributed by atoms with van der Waals surface area (Å²) in [6.45, 7) is 3.44. The Labute approximate surface area is 186 Å². The number of halogens is 3. The van der Waals surface area contributed by atoms with Crippen LogP contribution in [0.3, 0.4) is 0 Å². The van der Waals surface area contributed by atoms with Crippen LogP contribution in [0.5, 0.6) is 11.6 Å². The molecule has 0 aliphatic heterocycles. The highest BCUT2D eigenvalue weighted by atomic mass is 35.5.